The maximum Gasteiger partial charge on any atom is 0.224 e. The monoisotopic (exact) mass is 280 g/mol. The minimum atomic E-state index is -0.0267. The quantitative estimate of drug-likeness (QED) is 0.756. The molecule has 5 heteroatoms. The van der Waals surface area contributed by atoms with Crippen LogP contribution in [0, 0.1) is 0 Å². The molecule has 20 heavy (non-hydrogen) atoms. The first-order valence-corrected chi connectivity index (χ1v) is 6.84. The van der Waals surface area contributed by atoms with Gasteiger partial charge in [0.25, 0.3) is 0 Å². The highest BCUT2D eigenvalue weighted by Crippen LogP contribution is 2.27. The Balaban J connectivity index is 2.66. The van der Waals surface area contributed by atoms with Gasteiger partial charge in [0.05, 0.1) is 20.6 Å². The molecule has 5 nitrogen and oxygen atoms in total. The zero-order valence-corrected chi connectivity index (χ0v) is 12.4. The molecule has 1 rings (SSSR count). The van der Waals surface area contributed by atoms with E-state index in [1.54, 1.807) is 20.3 Å². The third kappa shape index (κ3) is 4.74. The van der Waals surface area contributed by atoms with Crippen molar-refractivity contribution >= 4 is 5.91 Å². The molecule has 0 radical (unpaired) electrons. The smallest absolute Gasteiger partial charge is 0.224 e. The third-order valence-electron chi connectivity index (χ3n) is 3.10. The van der Waals surface area contributed by atoms with Crippen LogP contribution in [0.15, 0.2) is 18.2 Å². The van der Waals surface area contributed by atoms with Gasteiger partial charge in [-0.1, -0.05) is 19.4 Å². The first-order valence-electron chi connectivity index (χ1n) is 6.84. The Hall–Kier alpha value is -1.75. The first kappa shape index (κ1) is 16.3. The number of rotatable bonds is 8. The molecule has 1 aromatic carbocycles. The molecule has 0 saturated heterocycles. The van der Waals surface area contributed by atoms with Crippen LogP contribution in [-0.2, 0) is 11.2 Å². The van der Waals surface area contributed by atoms with Gasteiger partial charge in [-0.05, 0) is 24.1 Å². The second kappa shape index (κ2) is 8.43. The number of hydrogen-bond donors (Lipinski definition) is 2. The van der Waals surface area contributed by atoms with Crippen LogP contribution >= 0.6 is 0 Å². The van der Waals surface area contributed by atoms with Gasteiger partial charge in [-0.15, -0.1) is 0 Å². The first-order chi connectivity index (χ1) is 9.64. The van der Waals surface area contributed by atoms with E-state index in [4.69, 9.17) is 15.2 Å². The second-order valence-corrected chi connectivity index (χ2v) is 4.65. The van der Waals surface area contributed by atoms with Gasteiger partial charge in [0.15, 0.2) is 11.5 Å². The second-order valence-electron chi connectivity index (χ2n) is 4.65. The highest BCUT2D eigenvalue weighted by atomic mass is 16.5. The SMILES string of the molecule is CCCC(CN)NC(=O)Cc1ccc(OC)c(OC)c1. The molecular weight excluding hydrogens is 256 g/mol. The molecule has 0 bridgehead atoms. The summed E-state index contributed by atoms with van der Waals surface area (Å²) in [5.74, 6) is 1.25. The number of amides is 1. The minimum Gasteiger partial charge on any atom is -0.493 e. The number of carbonyl (C=O) groups excluding carboxylic acids is 1. The highest BCUT2D eigenvalue weighted by Gasteiger charge is 2.12. The summed E-state index contributed by atoms with van der Waals surface area (Å²) in [5.41, 5.74) is 6.51. The van der Waals surface area contributed by atoms with Crippen LogP contribution in [0.2, 0.25) is 0 Å². The van der Waals surface area contributed by atoms with Crippen LogP contribution in [0.25, 0.3) is 0 Å². The molecule has 0 spiro atoms. The molecule has 0 heterocycles. The summed E-state index contributed by atoms with van der Waals surface area (Å²) in [6.45, 7) is 2.54. The summed E-state index contributed by atoms with van der Waals surface area (Å²) in [4.78, 5) is 12.0. The third-order valence-corrected chi connectivity index (χ3v) is 3.10. The molecule has 0 aromatic heterocycles. The van der Waals surface area contributed by atoms with Crippen molar-refractivity contribution < 1.29 is 14.3 Å². The van der Waals surface area contributed by atoms with Gasteiger partial charge < -0.3 is 20.5 Å². The maximum atomic E-state index is 12.0. The summed E-state index contributed by atoms with van der Waals surface area (Å²) in [7, 11) is 3.16. The van der Waals surface area contributed by atoms with Crippen molar-refractivity contribution in [3.8, 4) is 11.5 Å². The summed E-state index contributed by atoms with van der Waals surface area (Å²) in [6.07, 6.45) is 2.20. The van der Waals surface area contributed by atoms with Gasteiger partial charge in [0.1, 0.15) is 0 Å². The Morgan fingerprint density at radius 2 is 2.00 bits per heavy atom. The van der Waals surface area contributed by atoms with Gasteiger partial charge in [-0.25, -0.2) is 0 Å². The molecule has 1 aromatic rings. The average Bonchev–Trinajstić information content (AvgIpc) is 2.46. The Labute approximate surface area is 120 Å². The van der Waals surface area contributed by atoms with E-state index in [9.17, 15) is 4.79 Å². The van der Waals surface area contributed by atoms with E-state index >= 15 is 0 Å². The van der Waals surface area contributed by atoms with Crippen LogP contribution in [0.5, 0.6) is 11.5 Å². The van der Waals surface area contributed by atoms with Crippen LogP contribution in [0.1, 0.15) is 25.3 Å². The Morgan fingerprint density at radius 3 is 2.55 bits per heavy atom. The van der Waals surface area contributed by atoms with Crippen molar-refractivity contribution in [1.82, 2.24) is 5.32 Å². The predicted octanol–water partition coefficient (Wildman–Crippen LogP) is 1.49. The predicted molar refractivity (Wildman–Crippen MR) is 79.1 cm³/mol. The van der Waals surface area contributed by atoms with E-state index in [2.05, 4.69) is 12.2 Å². The van der Waals surface area contributed by atoms with Crippen molar-refractivity contribution in [3.63, 3.8) is 0 Å². The number of nitrogens with one attached hydrogen (secondary N) is 1. The number of nitrogens with two attached hydrogens (primary N) is 1. The Morgan fingerprint density at radius 1 is 1.30 bits per heavy atom. The maximum absolute atomic E-state index is 12.0. The molecule has 0 aliphatic heterocycles. The van der Waals surface area contributed by atoms with E-state index in [-0.39, 0.29) is 11.9 Å². The number of methoxy groups -OCH3 is 2. The van der Waals surface area contributed by atoms with Crippen LogP contribution < -0.4 is 20.5 Å². The van der Waals surface area contributed by atoms with Crippen molar-refractivity contribution in [2.75, 3.05) is 20.8 Å². The lowest BCUT2D eigenvalue weighted by molar-refractivity contribution is -0.121. The number of hydrogen-bond acceptors (Lipinski definition) is 4. The van der Waals surface area contributed by atoms with Gasteiger partial charge >= 0.3 is 0 Å². The lowest BCUT2D eigenvalue weighted by Gasteiger charge is -2.16. The van der Waals surface area contributed by atoms with Crippen LogP contribution in [-0.4, -0.2) is 32.7 Å². The average molecular weight is 280 g/mol. The van der Waals surface area contributed by atoms with Gasteiger partial charge in [-0.3, -0.25) is 4.79 Å². The van der Waals surface area contributed by atoms with Crippen molar-refractivity contribution in [1.29, 1.82) is 0 Å². The number of benzene rings is 1. The molecule has 0 fully saturated rings. The summed E-state index contributed by atoms with van der Waals surface area (Å²) in [6, 6.07) is 5.52. The summed E-state index contributed by atoms with van der Waals surface area (Å²) in [5, 5.41) is 2.95. The molecule has 1 amide bonds. The normalized spacial score (nSPS) is 11.8. The van der Waals surface area contributed by atoms with Gasteiger partial charge in [0.2, 0.25) is 5.91 Å². The van der Waals surface area contributed by atoms with Crippen molar-refractivity contribution in [3.05, 3.63) is 23.8 Å². The van der Waals surface area contributed by atoms with Gasteiger partial charge in [0, 0.05) is 12.6 Å². The summed E-state index contributed by atoms with van der Waals surface area (Å²) < 4.78 is 10.4. The molecule has 0 saturated carbocycles. The van der Waals surface area contributed by atoms with Crippen molar-refractivity contribution in [2.24, 2.45) is 5.73 Å². The molecule has 0 aliphatic rings. The van der Waals surface area contributed by atoms with E-state index in [0.717, 1.165) is 18.4 Å². The highest BCUT2D eigenvalue weighted by molar-refractivity contribution is 5.79. The lowest BCUT2D eigenvalue weighted by Crippen LogP contribution is -2.40. The largest absolute Gasteiger partial charge is 0.493 e. The van der Waals surface area contributed by atoms with Gasteiger partial charge in [-0.2, -0.15) is 0 Å². The lowest BCUT2D eigenvalue weighted by atomic mass is 10.1. The molecule has 1 unspecified atom stereocenters. The van der Waals surface area contributed by atoms with Crippen molar-refractivity contribution in [2.45, 2.75) is 32.2 Å². The van der Waals surface area contributed by atoms with E-state index in [1.165, 1.54) is 0 Å². The molecule has 1 atom stereocenters. The van der Waals surface area contributed by atoms with E-state index < -0.39 is 0 Å². The zero-order valence-electron chi connectivity index (χ0n) is 12.4. The van der Waals surface area contributed by atoms with Crippen LogP contribution in [0.3, 0.4) is 0 Å². The fourth-order valence-corrected chi connectivity index (χ4v) is 2.05. The fourth-order valence-electron chi connectivity index (χ4n) is 2.05. The number of carbonyl (C=O) groups is 1. The minimum absolute atomic E-state index is 0.0267. The van der Waals surface area contributed by atoms with Crippen LogP contribution in [0.4, 0.5) is 0 Å². The van der Waals surface area contributed by atoms with E-state index in [1.807, 2.05) is 12.1 Å². The molecular formula is C15H24N2O3. The number of ether oxygens (including phenoxy) is 2. The zero-order chi connectivity index (χ0) is 15.0. The summed E-state index contributed by atoms with van der Waals surface area (Å²) >= 11 is 0. The molecule has 112 valence electrons. The molecule has 0 aliphatic carbocycles. The Kier molecular flexibility index (Phi) is 6.87. The molecule has 3 N–H and O–H groups in total. The Bertz CT molecular complexity index is 435. The fraction of sp³-hybridized carbons (Fsp3) is 0.533. The topological polar surface area (TPSA) is 73.6 Å². The standard InChI is InChI=1S/C15H24N2O3/c1-4-5-12(10-16)17-15(18)9-11-6-7-13(19-2)14(8-11)20-3/h6-8,12H,4-5,9-10,16H2,1-3H3,(H,17,18). The van der Waals surface area contributed by atoms with E-state index in [0.29, 0.717) is 24.5 Å².